The summed E-state index contributed by atoms with van der Waals surface area (Å²) >= 11 is 1.71. The molecule has 1 fully saturated rings. The molecule has 2 unspecified atom stereocenters. The molecule has 2 rings (SSSR count). The molecule has 16 heavy (non-hydrogen) atoms. The molecule has 0 aliphatic carbocycles. The van der Waals surface area contributed by atoms with E-state index in [1.165, 1.54) is 4.88 Å². The fourth-order valence-electron chi connectivity index (χ4n) is 2.25. The summed E-state index contributed by atoms with van der Waals surface area (Å²) in [6.07, 6.45) is 1.62. The lowest BCUT2D eigenvalue weighted by Gasteiger charge is -2.38. The molecule has 1 saturated heterocycles. The van der Waals surface area contributed by atoms with Crippen molar-refractivity contribution in [3.8, 4) is 0 Å². The second kappa shape index (κ2) is 4.47. The monoisotopic (exact) mass is 240 g/mol. The van der Waals surface area contributed by atoms with E-state index in [9.17, 15) is 5.11 Å². The molecule has 0 saturated carbocycles. The number of rotatable bonds is 2. The highest BCUT2D eigenvalue weighted by Gasteiger charge is 2.38. The van der Waals surface area contributed by atoms with Crippen LogP contribution in [0.5, 0.6) is 0 Å². The van der Waals surface area contributed by atoms with Crippen LogP contribution in [0.25, 0.3) is 0 Å². The van der Waals surface area contributed by atoms with E-state index >= 15 is 0 Å². The third kappa shape index (κ3) is 2.31. The van der Waals surface area contributed by atoms with Gasteiger partial charge in [0.15, 0.2) is 0 Å². The summed E-state index contributed by atoms with van der Waals surface area (Å²) in [5.41, 5.74) is 0.404. The summed E-state index contributed by atoms with van der Waals surface area (Å²) < 4.78 is 5.71. The average Bonchev–Trinajstić information content (AvgIpc) is 2.65. The van der Waals surface area contributed by atoms with Crippen LogP contribution in [0.15, 0.2) is 11.4 Å². The van der Waals surface area contributed by atoms with Crippen molar-refractivity contribution in [3.05, 3.63) is 21.9 Å². The Hall–Kier alpha value is -0.380. The Morgan fingerprint density at radius 1 is 1.56 bits per heavy atom. The van der Waals surface area contributed by atoms with Gasteiger partial charge in [-0.15, -0.1) is 11.3 Å². The Morgan fingerprint density at radius 2 is 2.31 bits per heavy atom. The van der Waals surface area contributed by atoms with Crippen molar-refractivity contribution in [3.63, 3.8) is 0 Å². The lowest BCUT2D eigenvalue weighted by Crippen LogP contribution is -2.40. The van der Waals surface area contributed by atoms with Gasteiger partial charge in [0, 0.05) is 17.7 Å². The van der Waals surface area contributed by atoms with E-state index in [0.717, 1.165) is 12.0 Å². The maximum absolute atomic E-state index is 10.7. The van der Waals surface area contributed by atoms with Gasteiger partial charge in [0.1, 0.15) is 0 Å². The molecule has 2 heterocycles. The van der Waals surface area contributed by atoms with Gasteiger partial charge >= 0.3 is 0 Å². The van der Waals surface area contributed by atoms with Crippen LogP contribution < -0.4 is 0 Å². The first-order chi connectivity index (χ1) is 7.51. The van der Waals surface area contributed by atoms with E-state index in [0.29, 0.717) is 18.9 Å². The second-order valence-electron chi connectivity index (χ2n) is 5.09. The summed E-state index contributed by atoms with van der Waals surface area (Å²) in [5.74, 6) is 0.464. The van der Waals surface area contributed by atoms with Crippen molar-refractivity contribution < 1.29 is 9.84 Å². The lowest BCUT2D eigenvalue weighted by molar-refractivity contribution is -0.121. The summed E-state index contributed by atoms with van der Waals surface area (Å²) in [7, 11) is 0. The molecule has 2 nitrogen and oxygen atoms in total. The lowest BCUT2D eigenvalue weighted by atomic mass is 9.82. The van der Waals surface area contributed by atoms with Crippen LogP contribution in [0.3, 0.4) is 0 Å². The molecular weight excluding hydrogens is 220 g/mol. The third-order valence-electron chi connectivity index (χ3n) is 3.40. The number of aryl methyl sites for hydroxylation is 1. The highest BCUT2D eigenvalue weighted by Crippen LogP contribution is 2.38. The van der Waals surface area contributed by atoms with Crippen molar-refractivity contribution in [1.82, 2.24) is 0 Å². The fourth-order valence-corrected chi connectivity index (χ4v) is 3.05. The Bertz CT molecular complexity index is 359. The summed E-state index contributed by atoms with van der Waals surface area (Å²) in [4.78, 5) is 1.26. The van der Waals surface area contributed by atoms with Gasteiger partial charge in [-0.05, 0) is 29.9 Å². The van der Waals surface area contributed by atoms with E-state index in [4.69, 9.17) is 4.74 Å². The molecule has 0 radical (unpaired) electrons. The number of aliphatic hydroxyl groups is 1. The quantitative estimate of drug-likeness (QED) is 0.861. The van der Waals surface area contributed by atoms with Gasteiger partial charge in [0.25, 0.3) is 0 Å². The fraction of sp³-hybridized carbons (Fsp3) is 0.692. The van der Waals surface area contributed by atoms with Crippen LogP contribution in [0, 0.1) is 12.8 Å². The van der Waals surface area contributed by atoms with Crippen molar-refractivity contribution in [2.24, 2.45) is 5.92 Å². The highest BCUT2D eigenvalue weighted by atomic mass is 32.1. The summed E-state index contributed by atoms with van der Waals surface area (Å²) in [6, 6.07) is 2.10. The molecular formula is C13H20O2S. The molecule has 90 valence electrons. The molecule has 0 aromatic carbocycles. The molecule has 1 aliphatic rings. The van der Waals surface area contributed by atoms with E-state index in [1.807, 2.05) is 0 Å². The predicted octanol–water partition coefficient (Wildman–Crippen LogP) is 3.08. The zero-order valence-corrected chi connectivity index (χ0v) is 11.0. The number of thiophene rings is 1. The Kier molecular flexibility index (Phi) is 3.38. The van der Waals surface area contributed by atoms with Gasteiger partial charge in [-0.3, -0.25) is 0 Å². The second-order valence-corrected chi connectivity index (χ2v) is 6.20. The zero-order valence-electron chi connectivity index (χ0n) is 10.2. The molecule has 3 heteroatoms. The Balaban J connectivity index is 2.18. The van der Waals surface area contributed by atoms with Crippen LogP contribution >= 0.6 is 11.3 Å². The van der Waals surface area contributed by atoms with Gasteiger partial charge in [0.2, 0.25) is 0 Å². The smallest absolute Gasteiger partial charge is 0.0951 e. The average molecular weight is 240 g/mol. The highest BCUT2D eigenvalue weighted by molar-refractivity contribution is 7.10. The van der Waals surface area contributed by atoms with E-state index in [2.05, 4.69) is 32.2 Å². The maximum Gasteiger partial charge on any atom is 0.0951 e. The van der Waals surface area contributed by atoms with Gasteiger partial charge in [0.05, 0.1) is 18.3 Å². The Morgan fingerprint density at radius 3 is 2.88 bits per heavy atom. The zero-order chi connectivity index (χ0) is 11.8. The van der Waals surface area contributed by atoms with Crippen LogP contribution in [-0.2, 0) is 10.3 Å². The normalized spacial score (nSPS) is 30.9. The molecule has 1 aliphatic heterocycles. The first-order valence-corrected chi connectivity index (χ1v) is 6.79. The predicted molar refractivity (Wildman–Crippen MR) is 66.8 cm³/mol. The van der Waals surface area contributed by atoms with Crippen molar-refractivity contribution in [2.75, 3.05) is 6.61 Å². The SMILES string of the molecule is Cc1cc(C2(O)CCOC(C(C)C)C2)cs1. The van der Waals surface area contributed by atoms with Crippen LogP contribution in [0.2, 0.25) is 0 Å². The van der Waals surface area contributed by atoms with Crippen molar-refractivity contribution >= 4 is 11.3 Å². The Labute approximate surface area is 101 Å². The van der Waals surface area contributed by atoms with Crippen LogP contribution in [-0.4, -0.2) is 17.8 Å². The van der Waals surface area contributed by atoms with Crippen LogP contribution in [0.4, 0.5) is 0 Å². The van der Waals surface area contributed by atoms with Crippen LogP contribution in [0.1, 0.15) is 37.1 Å². The van der Waals surface area contributed by atoms with Crippen molar-refractivity contribution in [2.45, 2.75) is 45.3 Å². The minimum absolute atomic E-state index is 0.180. The van der Waals surface area contributed by atoms with E-state index < -0.39 is 5.60 Å². The first kappa shape index (κ1) is 12.1. The molecule has 2 atom stereocenters. The molecule has 1 aromatic heterocycles. The van der Waals surface area contributed by atoms with E-state index in [1.54, 1.807) is 11.3 Å². The standard InChI is InChI=1S/C13H20O2S/c1-9(2)12-7-13(14,4-5-15-12)11-6-10(3)16-8-11/h6,8-9,12,14H,4-5,7H2,1-3H3. The van der Waals surface area contributed by atoms with Gasteiger partial charge in [-0.1, -0.05) is 13.8 Å². The molecule has 1 N–H and O–H groups in total. The van der Waals surface area contributed by atoms with Gasteiger partial charge in [-0.25, -0.2) is 0 Å². The number of ether oxygens (including phenoxy) is 1. The van der Waals surface area contributed by atoms with Crippen molar-refractivity contribution in [1.29, 1.82) is 0 Å². The summed E-state index contributed by atoms with van der Waals surface area (Å²) in [5, 5.41) is 12.8. The maximum atomic E-state index is 10.7. The molecule has 1 aromatic rings. The minimum Gasteiger partial charge on any atom is -0.385 e. The number of hydrogen-bond acceptors (Lipinski definition) is 3. The van der Waals surface area contributed by atoms with Gasteiger partial charge in [-0.2, -0.15) is 0 Å². The first-order valence-electron chi connectivity index (χ1n) is 5.91. The minimum atomic E-state index is -0.669. The molecule has 0 bridgehead atoms. The topological polar surface area (TPSA) is 29.5 Å². The third-order valence-corrected chi connectivity index (χ3v) is 4.26. The molecule has 0 spiro atoms. The summed E-state index contributed by atoms with van der Waals surface area (Å²) in [6.45, 7) is 7.04. The largest absolute Gasteiger partial charge is 0.385 e. The molecule has 0 amide bonds. The van der Waals surface area contributed by atoms with Gasteiger partial charge < -0.3 is 9.84 Å². The number of hydrogen-bond donors (Lipinski definition) is 1. The van der Waals surface area contributed by atoms with E-state index in [-0.39, 0.29) is 6.10 Å².